The number of rotatable bonds is 4. The van der Waals surface area contributed by atoms with Crippen molar-refractivity contribution in [2.75, 3.05) is 33.0 Å². The fourth-order valence-electron chi connectivity index (χ4n) is 1.16. The average molecular weight is 227 g/mol. The molecule has 0 saturated carbocycles. The van der Waals surface area contributed by atoms with Gasteiger partial charge in [0.25, 0.3) is 5.91 Å². The summed E-state index contributed by atoms with van der Waals surface area (Å²) in [5, 5.41) is 0. The molecule has 0 saturated heterocycles. The Hall–Kier alpha value is -1.69. The van der Waals surface area contributed by atoms with Gasteiger partial charge in [0.05, 0.1) is 18.4 Å². The normalized spacial score (nSPS) is 10.2. The molecule has 16 heavy (non-hydrogen) atoms. The molecular formula is C10H14FN3O2. The van der Waals surface area contributed by atoms with E-state index in [-0.39, 0.29) is 17.3 Å². The minimum absolute atomic E-state index is 0.0238. The van der Waals surface area contributed by atoms with Crippen LogP contribution in [0.25, 0.3) is 0 Å². The lowest BCUT2D eigenvalue weighted by atomic mass is 10.2. The topological polar surface area (TPSA) is 68.5 Å². The van der Waals surface area contributed by atoms with E-state index in [1.54, 1.807) is 7.05 Å². The monoisotopic (exact) mass is 227 g/mol. The lowest BCUT2D eigenvalue weighted by Gasteiger charge is -2.17. The van der Waals surface area contributed by atoms with Gasteiger partial charge >= 0.3 is 0 Å². The molecule has 1 heterocycles. The van der Waals surface area contributed by atoms with Crippen molar-refractivity contribution < 1.29 is 13.9 Å². The molecule has 6 heteroatoms. The van der Waals surface area contributed by atoms with Gasteiger partial charge in [-0.2, -0.15) is 0 Å². The van der Waals surface area contributed by atoms with Crippen LogP contribution < -0.4 is 5.73 Å². The van der Waals surface area contributed by atoms with Gasteiger partial charge in [0.2, 0.25) is 0 Å². The zero-order valence-corrected chi connectivity index (χ0v) is 9.24. The number of amides is 1. The van der Waals surface area contributed by atoms with E-state index in [1.165, 1.54) is 12.0 Å². The highest BCUT2D eigenvalue weighted by Gasteiger charge is 2.16. The number of ether oxygens (including phenoxy) is 1. The van der Waals surface area contributed by atoms with E-state index >= 15 is 0 Å². The standard InChI is InChI=1S/C10H14FN3O2/c1-14(3-4-16-2)10(15)8-5-7(11)6-13-9(8)12/h5-6H,3-4H2,1-2H3,(H2,12,13). The summed E-state index contributed by atoms with van der Waals surface area (Å²) < 4.78 is 17.7. The number of hydrogen-bond acceptors (Lipinski definition) is 4. The summed E-state index contributed by atoms with van der Waals surface area (Å²) >= 11 is 0. The average Bonchev–Trinajstić information content (AvgIpc) is 2.28. The number of carbonyl (C=O) groups is 1. The number of pyridine rings is 1. The first-order valence-electron chi connectivity index (χ1n) is 4.71. The van der Waals surface area contributed by atoms with Crippen molar-refractivity contribution in [3.05, 3.63) is 23.6 Å². The molecule has 0 radical (unpaired) electrons. The molecule has 88 valence electrons. The van der Waals surface area contributed by atoms with E-state index in [1.807, 2.05) is 0 Å². The van der Waals surface area contributed by atoms with Crippen LogP contribution >= 0.6 is 0 Å². The van der Waals surface area contributed by atoms with Crippen molar-refractivity contribution in [2.45, 2.75) is 0 Å². The first-order chi connectivity index (χ1) is 7.56. The number of nitrogen functional groups attached to an aromatic ring is 1. The Morgan fingerprint density at radius 3 is 3.00 bits per heavy atom. The van der Waals surface area contributed by atoms with Gasteiger partial charge in [-0.25, -0.2) is 9.37 Å². The number of likely N-dealkylation sites (N-methyl/N-ethyl adjacent to an activating group) is 1. The number of aromatic nitrogens is 1. The first kappa shape index (κ1) is 12.4. The number of halogens is 1. The van der Waals surface area contributed by atoms with Crippen LogP contribution in [0.5, 0.6) is 0 Å². The van der Waals surface area contributed by atoms with E-state index in [9.17, 15) is 9.18 Å². The van der Waals surface area contributed by atoms with E-state index in [0.717, 1.165) is 12.3 Å². The van der Waals surface area contributed by atoms with Gasteiger partial charge < -0.3 is 15.4 Å². The van der Waals surface area contributed by atoms with Gasteiger partial charge in [0, 0.05) is 20.7 Å². The van der Waals surface area contributed by atoms with E-state index in [2.05, 4.69) is 4.98 Å². The third-order valence-corrected chi connectivity index (χ3v) is 2.09. The molecule has 1 aromatic heterocycles. The van der Waals surface area contributed by atoms with Crippen LogP contribution in [0.4, 0.5) is 10.2 Å². The second kappa shape index (κ2) is 5.41. The van der Waals surface area contributed by atoms with Crippen LogP contribution in [0.15, 0.2) is 12.3 Å². The highest BCUT2D eigenvalue weighted by atomic mass is 19.1. The predicted octanol–water partition coefficient (Wildman–Crippen LogP) is 0.521. The molecule has 2 N–H and O–H groups in total. The second-order valence-corrected chi connectivity index (χ2v) is 3.31. The third-order valence-electron chi connectivity index (χ3n) is 2.09. The summed E-state index contributed by atoms with van der Waals surface area (Å²) in [6, 6.07) is 1.08. The predicted molar refractivity (Wildman–Crippen MR) is 57.4 cm³/mol. The summed E-state index contributed by atoms with van der Waals surface area (Å²) in [5.74, 6) is -0.935. The number of nitrogens with two attached hydrogens (primary N) is 1. The molecular weight excluding hydrogens is 213 g/mol. The first-order valence-corrected chi connectivity index (χ1v) is 4.71. The highest BCUT2D eigenvalue weighted by molar-refractivity contribution is 5.98. The summed E-state index contributed by atoms with van der Waals surface area (Å²) in [5.41, 5.74) is 5.57. The fourth-order valence-corrected chi connectivity index (χ4v) is 1.16. The van der Waals surface area contributed by atoms with Crippen LogP contribution in [-0.2, 0) is 4.74 Å². The van der Waals surface area contributed by atoms with E-state index in [0.29, 0.717) is 13.2 Å². The van der Waals surface area contributed by atoms with Gasteiger partial charge in [-0.05, 0) is 6.07 Å². The van der Waals surface area contributed by atoms with Crippen molar-refractivity contribution in [2.24, 2.45) is 0 Å². The highest BCUT2D eigenvalue weighted by Crippen LogP contribution is 2.12. The van der Waals surface area contributed by atoms with Crippen molar-refractivity contribution in [1.82, 2.24) is 9.88 Å². The van der Waals surface area contributed by atoms with Gasteiger partial charge in [-0.1, -0.05) is 0 Å². The van der Waals surface area contributed by atoms with Gasteiger partial charge in [-0.15, -0.1) is 0 Å². The summed E-state index contributed by atoms with van der Waals surface area (Å²) in [4.78, 5) is 16.8. The zero-order chi connectivity index (χ0) is 12.1. The third kappa shape index (κ3) is 2.90. The molecule has 0 aliphatic rings. The van der Waals surface area contributed by atoms with Crippen LogP contribution in [0, 0.1) is 5.82 Å². The molecule has 0 fully saturated rings. The van der Waals surface area contributed by atoms with Gasteiger partial charge in [0.1, 0.15) is 11.6 Å². The summed E-state index contributed by atoms with van der Waals surface area (Å²) in [6.07, 6.45) is 0.973. The Morgan fingerprint density at radius 2 is 2.38 bits per heavy atom. The molecule has 0 unspecified atom stereocenters. The lowest BCUT2D eigenvalue weighted by Crippen LogP contribution is -2.30. The number of methoxy groups -OCH3 is 1. The minimum atomic E-state index is -0.585. The van der Waals surface area contributed by atoms with E-state index in [4.69, 9.17) is 10.5 Å². The number of hydrogen-bond donors (Lipinski definition) is 1. The molecule has 1 amide bonds. The summed E-state index contributed by atoms with van der Waals surface area (Å²) in [7, 11) is 3.13. The van der Waals surface area contributed by atoms with Crippen molar-refractivity contribution >= 4 is 11.7 Å². The van der Waals surface area contributed by atoms with Crippen molar-refractivity contribution in [3.63, 3.8) is 0 Å². The van der Waals surface area contributed by atoms with E-state index < -0.39 is 5.82 Å². The number of carbonyl (C=O) groups excluding carboxylic acids is 1. The van der Waals surface area contributed by atoms with Gasteiger partial charge in [0.15, 0.2) is 0 Å². The second-order valence-electron chi connectivity index (χ2n) is 3.31. The van der Waals surface area contributed by atoms with Crippen LogP contribution in [0.3, 0.4) is 0 Å². The quantitative estimate of drug-likeness (QED) is 0.814. The lowest BCUT2D eigenvalue weighted by molar-refractivity contribution is 0.0744. The number of nitrogens with zero attached hydrogens (tertiary/aromatic N) is 2. The Bertz CT molecular complexity index is 384. The Morgan fingerprint density at radius 1 is 1.69 bits per heavy atom. The Kier molecular flexibility index (Phi) is 4.19. The Labute approximate surface area is 93.0 Å². The number of anilines is 1. The molecule has 0 aliphatic carbocycles. The maximum absolute atomic E-state index is 12.9. The largest absolute Gasteiger partial charge is 0.383 e. The summed E-state index contributed by atoms with van der Waals surface area (Å²) in [6.45, 7) is 0.816. The molecule has 0 bridgehead atoms. The smallest absolute Gasteiger partial charge is 0.257 e. The molecule has 1 rings (SSSR count). The molecule has 0 spiro atoms. The molecule has 0 aliphatic heterocycles. The molecule has 5 nitrogen and oxygen atoms in total. The maximum Gasteiger partial charge on any atom is 0.257 e. The molecule has 0 atom stereocenters. The Balaban J connectivity index is 2.83. The minimum Gasteiger partial charge on any atom is -0.383 e. The molecule has 0 aromatic carbocycles. The SMILES string of the molecule is COCCN(C)C(=O)c1cc(F)cnc1N. The van der Waals surface area contributed by atoms with Crippen LogP contribution in [-0.4, -0.2) is 43.1 Å². The fraction of sp³-hybridized carbons (Fsp3) is 0.400. The van der Waals surface area contributed by atoms with Crippen LogP contribution in [0.1, 0.15) is 10.4 Å². The van der Waals surface area contributed by atoms with Gasteiger partial charge in [-0.3, -0.25) is 4.79 Å². The zero-order valence-electron chi connectivity index (χ0n) is 9.24. The van der Waals surface area contributed by atoms with Crippen molar-refractivity contribution in [3.8, 4) is 0 Å². The molecule has 1 aromatic rings. The van der Waals surface area contributed by atoms with Crippen molar-refractivity contribution in [1.29, 1.82) is 0 Å². The maximum atomic E-state index is 12.9. The van der Waals surface area contributed by atoms with Crippen LogP contribution in [0.2, 0.25) is 0 Å².